The molecule has 1 aliphatic rings. The third-order valence-electron chi connectivity index (χ3n) is 4.43. The standard InChI is InChI=1S/C21H25N3O4/c1-22-21(26)15-4-6-16(7-5-15)23-13-20(25)24-17-8-10-18(11-9-17)28-14-19-3-2-12-27-19/h4-11,19,23H,2-3,12-14H2,1H3,(H,22,26)(H,24,25). The van der Waals surface area contributed by atoms with Gasteiger partial charge in [-0.1, -0.05) is 0 Å². The Morgan fingerprint density at radius 1 is 1.07 bits per heavy atom. The molecule has 2 amide bonds. The van der Waals surface area contributed by atoms with Crippen molar-refractivity contribution in [3.63, 3.8) is 0 Å². The zero-order valence-electron chi connectivity index (χ0n) is 15.9. The van der Waals surface area contributed by atoms with Gasteiger partial charge in [-0.3, -0.25) is 9.59 Å². The number of ether oxygens (including phenoxy) is 2. The van der Waals surface area contributed by atoms with Crippen LogP contribution in [0.15, 0.2) is 48.5 Å². The number of benzene rings is 2. The number of amides is 2. The van der Waals surface area contributed by atoms with E-state index in [0.717, 1.165) is 30.9 Å². The lowest BCUT2D eigenvalue weighted by Crippen LogP contribution is -2.22. The van der Waals surface area contributed by atoms with Crippen LogP contribution in [-0.4, -0.2) is 44.7 Å². The summed E-state index contributed by atoms with van der Waals surface area (Å²) in [5.41, 5.74) is 2.03. The van der Waals surface area contributed by atoms with Crippen LogP contribution in [0, 0.1) is 0 Å². The predicted octanol–water partition coefficient (Wildman–Crippen LogP) is 2.65. The summed E-state index contributed by atoms with van der Waals surface area (Å²) in [5.74, 6) is 0.443. The van der Waals surface area contributed by atoms with Gasteiger partial charge in [0.15, 0.2) is 0 Å². The fourth-order valence-corrected chi connectivity index (χ4v) is 2.87. The van der Waals surface area contributed by atoms with E-state index in [-0.39, 0.29) is 24.5 Å². The van der Waals surface area contributed by atoms with Crippen LogP contribution < -0.4 is 20.7 Å². The van der Waals surface area contributed by atoms with Gasteiger partial charge >= 0.3 is 0 Å². The molecule has 3 N–H and O–H groups in total. The minimum Gasteiger partial charge on any atom is -0.491 e. The van der Waals surface area contributed by atoms with E-state index in [9.17, 15) is 9.59 Å². The third kappa shape index (κ3) is 5.72. The monoisotopic (exact) mass is 383 g/mol. The van der Waals surface area contributed by atoms with E-state index in [1.165, 1.54) is 0 Å². The molecule has 0 aromatic heterocycles. The molecule has 2 aromatic rings. The summed E-state index contributed by atoms with van der Waals surface area (Å²) < 4.78 is 11.2. The molecule has 0 bridgehead atoms. The lowest BCUT2D eigenvalue weighted by molar-refractivity contribution is -0.114. The van der Waals surface area contributed by atoms with Gasteiger partial charge in [-0.05, 0) is 61.4 Å². The fourth-order valence-electron chi connectivity index (χ4n) is 2.87. The van der Waals surface area contributed by atoms with Crippen molar-refractivity contribution >= 4 is 23.2 Å². The summed E-state index contributed by atoms with van der Waals surface area (Å²) in [4.78, 5) is 23.6. The second-order valence-corrected chi connectivity index (χ2v) is 6.53. The summed E-state index contributed by atoms with van der Waals surface area (Å²) in [6.45, 7) is 1.48. The second-order valence-electron chi connectivity index (χ2n) is 6.53. The first-order chi connectivity index (χ1) is 13.6. The lowest BCUT2D eigenvalue weighted by Gasteiger charge is -2.12. The average molecular weight is 383 g/mol. The third-order valence-corrected chi connectivity index (χ3v) is 4.43. The Bertz CT molecular complexity index is 784. The molecule has 1 fully saturated rings. The SMILES string of the molecule is CNC(=O)c1ccc(NCC(=O)Nc2ccc(OCC3CCCO3)cc2)cc1. The molecule has 1 heterocycles. The highest BCUT2D eigenvalue weighted by Crippen LogP contribution is 2.18. The van der Waals surface area contributed by atoms with Crippen molar-refractivity contribution in [3.05, 3.63) is 54.1 Å². The van der Waals surface area contributed by atoms with Crippen molar-refractivity contribution in [1.29, 1.82) is 0 Å². The van der Waals surface area contributed by atoms with Crippen LogP contribution in [0.1, 0.15) is 23.2 Å². The van der Waals surface area contributed by atoms with Crippen molar-refractivity contribution in [2.45, 2.75) is 18.9 Å². The van der Waals surface area contributed by atoms with Gasteiger partial charge in [0.05, 0.1) is 12.6 Å². The van der Waals surface area contributed by atoms with Gasteiger partial charge in [0.1, 0.15) is 12.4 Å². The molecular weight excluding hydrogens is 358 g/mol. The van der Waals surface area contributed by atoms with Crippen molar-refractivity contribution in [2.75, 3.05) is 37.4 Å². The van der Waals surface area contributed by atoms with Crippen molar-refractivity contribution in [2.24, 2.45) is 0 Å². The zero-order valence-corrected chi connectivity index (χ0v) is 15.9. The van der Waals surface area contributed by atoms with E-state index >= 15 is 0 Å². The average Bonchev–Trinajstić information content (AvgIpc) is 3.25. The van der Waals surface area contributed by atoms with Gasteiger partial charge in [-0.2, -0.15) is 0 Å². The first-order valence-corrected chi connectivity index (χ1v) is 9.34. The molecule has 1 aliphatic heterocycles. The number of hydrogen-bond donors (Lipinski definition) is 3. The molecule has 0 spiro atoms. The molecule has 0 aliphatic carbocycles. The number of hydrogen-bond acceptors (Lipinski definition) is 5. The Hall–Kier alpha value is -3.06. The molecule has 2 aromatic carbocycles. The molecule has 3 rings (SSSR count). The maximum atomic E-state index is 12.1. The summed E-state index contributed by atoms with van der Waals surface area (Å²) in [6, 6.07) is 14.2. The van der Waals surface area contributed by atoms with Crippen LogP contribution in [0.2, 0.25) is 0 Å². The number of rotatable bonds is 8. The first-order valence-electron chi connectivity index (χ1n) is 9.34. The largest absolute Gasteiger partial charge is 0.491 e. The topological polar surface area (TPSA) is 88.7 Å². The molecular formula is C21H25N3O4. The molecule has 1 saturated heterocycles. The number of carbonyl (C=O) groups excluding carboxylic acids is 2. The maximum absolute atomic E-state index is 12.1. The van der Waals surface area contributed by atoms with E-state index in [2.05, 4.69) is 16.0 Å². The Morgan fingerprint density at radius 3 is 2.43 bits per heavy atom. The van der Waals surface area contributed by atoms with E-state index in [1.807, 2.05) is 12.1 Å². The van der Waals surface area contributed by atoms with E-state index in [1.54, 1.807) is 43.4 Å². The highest BCUT2D eigenvalue weighted by molar-refractivity contribution is 5.95. The second kappa shape index (κ2) is 9.75. The lowest BCUT2D eigenvalue weighted by atomic mass is 10.2. The van der Waals surface area contributed by atoms with Gasteiger partial charge in [0, 0.05) is 30.6 Å². The zero-order chi connectivity index (χ0) is 19.8. The summed E-state index contributed by atoms with van der Waals surface area (Å²) >= 11 is 0. The van der Waals surface area contributed by atoms with Crippen LogP contribution in [-0.2, 0) is 9.53 Å². The number of anilines is 2. The van der Waals surface area contributed by atoms with Gasteiger partial charge in [-0.25, -0.2) is 0 Å². The Labute approximate surface area is 164 Å². The van der Waals surface area contributed by atoms with Crippen molar-refractivity contribution in [3.8, 4) is 5.75 Å². The maximum Gasteiger partial charge on any atom is 0.251 e. The summed E-state index contributed by atoms with van der Waals surface area (Å²) in [5, 5.41) is 8.42. The summed E-state index contributed by atoms with van der Waals surface area (Å²) in [7, 11) is 1.58. The fraction of sp³-hybridized carbons (Fsp3) is 0.333. The normalized spacial score (nSPS) is 15.7. The molecule has 148 valence electrons. The van der Waals surface area contributed by atoms with Gasteiger partial charge in [0.25, 0.3) is 5.91 Å². The van der Waals surface area contributed by atoms with Gasteiger partial charge in [-0.15, -0.1) is 0 Å². The predicted molar refractivity (Wildman–Crippen MR) is 108 cm³/mol. The van der Waals surface area contributed by atoms with Gasteiger partial charge < -0.3 is 25.4 Å². The Morgan fingerprint density at radius 2 is 1.79 bits per heavy atom. The smallest absolute Gasteiger partial charge is 0.251 e. The van der Waals surface area contributed by atoms with E-state index in [4.69, 9.17) is 9.47 Å². The Balaban J connectivity index is 1.42. The van der Waals surface area contributed by atoms with Crippen LogP contribution >= 0.6 is 0 Å². The van der Waals surface area contributed by atoms with Crippen LogP contribution in [0.3, 0.4) is 0 Å². The molecule has 7 nitrogen and oxygen atoms in total. The quantitative estimate of drug-likeness (QED) is 0.652. The van der Waals surface area contributed by atoms with Crippen molar-refractivity contribution in [1.82, 2.24) is 5.32 Å². The van der Waals surface area contributed by atoms with Crippen LogP contribution in [0.25, 0.3) is 0 Å². The van der Waals surface area contributed by atoms with E-state index < -0.39 is 0 Å². The highest BCUT2D eigenvalue weighted by atomic mass is 16.5. The number of carbonyl (C=O) groups is 2. The Kier molecular flexibility index (Phi) is 6.86. The van der Waals surface area contributed by atoms with Gasteiger partial charge in [0.2, 0.25) is 5.91 Å². The van der Waals surface area contributed by atoms with Crippen molar-refractivity contribution < 1.29 is 19.1 Å². The molecule has 1 unspecified atom stereocenters. The van der Waals surface area contributed by atoms with E-state index in [0.29, 0.717) is 17.9 Å². The number of nitrogens with one attached hydrogen (secondary N) is 3. The first kappa shape index (κ1) is 19.7. The minimum absolute atomic E-state index is 0.122. The highest BCUT2D eigenvalue weighted by Gasteiger charge is 2.15. The molecule has 1 atom stereocenters. The molecule has 0 radical (unpaired) electrons. The summed E-state index contributed by atoms with van der Waals surface area (Å²) in [6.07, 6.45) is 2.30. The minimum atomic E-state index is -0.164. The van der Waals surface area contributed by atoms with Crippen LogP contribution in [0.4, 0.5) is 11.4 Å². The van der Waals surface area contributed by atoms with Crippen LogP contribution in [0.5, 0.6) is 5.75 Å². The molecule has 28 heavy (non-hydrogen) atoms. The molecule has 7 heteroatoms. The molecule has 0 saturated carbocycles.